The third-order valence-electron chi connectivity index (χ3n) is 3.75. The maximum Gasteiger partial charge on any atom is 0.326 e. The van der Waals surface area contributed by atoms with Gasteiger partial charge >= 0.3 is 5.97 Å². The number of rotatable bonds is 2. The average molecular weight is 249 g/mol. The highest BCUT2D eigenvalue weighted by molar-refractivity contribution is 5.97. The van der Waals surface area contributed by atoms with Crippen molar-refractivity contribution in [2.45, 2.75) is 12.5 Å². The van der Waals surface area contributed by atoms with Gasteiger partial charge in [-0.3, -0.25) is 4.79 Å². The molecular weight excluding hydrogens is 237 g/mol. The first-order valence-corrected chi connectivity index (χ1v) is 5.87. The lowest BCUT2D eigenvalue weighted by Crippen LogP contribution is -2.43. The molecule has 1 heterocycles. The summed E-state index contributed by atoms with van der Waals surface area (Å²) in [5.41, 5.74) is 0.337. The Kier molecular flexibility index (Phi) is 2.36. The number of halogens is 1. The van der Waals surface area contributed by atoms with E-state index in [-0.39, 0.29) is 11.8 Å². The molecule has 18 heavy (non-hydrogen) atoms. The van der Waals surface area contributed by atoms with Crippen LogP contribution in [0, 0.1) is 17.7 Å². The summed E-state index contributed by atoms with van der Waals surface area (Å²) in [6.45, 7) is 0.498. The molecule has 0 spiro atoms. The number of hydrogen-bond acceptors (Lipinski definition) is 2. The Morgan fingerprint density at radius 2 is 1.94 bits per heavy atom. The van der Waals surface area contributed by atoms with Crippen LogP contribution in [0.15, 0.2) is 24.3 Å². The summed E-state index contributed by atoms with van der Waals surface area (Å²) in [7, 11) is 0. The highest BCUT2D eigenvalue weighted by Crippen LogP contribution is 2.49. The number of amides is 1. The van der Waals surface area contributed by atoms with Gasteiger partial charge in [0, 0.05) is 12.1 Å². The highest BCUT2D eigenvalue weighted by Gasteiger charge is 2.57. The number of carboxylic acid groups (broad SMARTS) is 1. The van der Waals surface area contributed by atoms with E-state index >= 15 is 0 Å². The van der Waals surface area contributed by atoms with Gasteiger partial charge in [0.25, 0.3) is 5.91 Å². The summed E-state index contributed by atoms with van der Waals surface area (Å²) in [5.74, 6) is -1.25. The minimum absolute atomic E-state index is 0.104. The first-order chi connectivity index (χ1) is 8.58. The summed E-state index contributed by atoms with van der Waals surface area (Å²) in [5, 5.41) is 9.17. The van der Waals surface area contributed by atoms with Crippen molar-refractivity contribution in [3.63, 3.8) is 0 Å². The summed E-state index contributed by atoms with van der Waals surface area (Å²) in [6, 6.07) is 4.48. The Balaban J connectivity index is 1.84. The molecule has 94 valence electrons. The third kappa shape index (κ3) is 1.66. The Bertz CT molecular complexity index is 513. The van der Waals surface area contributed by atoms with Gasteiger partial charge in [-0.25, -0.2) is 9.18 Å². The normalized spacial score (nSPS) is 28.9. The molecule has 1 aliphatic carbocycles. The summed E-state index contributed by atoms with van der Waals surface area (Å²) in [6.07, 6.45) is 0.893. The molecular formula is C13H12FNO3. The zero-order chi connectivity index (χ0) is 12.9. The number of likely N-dealkylation sites (tertiary alicyclic amines) is 1. The first kappa shape index (κ1) is 11.2. The molecule has 1 aliphatic heterocycles. The molecule has 4 nitrogen and oxygen atoms in total. The van der Waals surface area contributed by atoms with E-state index in [1.54, 1.807) is 0 Å². The van der Waals surface area contributed by atoms with Gasteiger partial charge in [0.15, 0.2) is 0 Å². The molecule has 0 aromatic heterocycles. The predicted octanol–water partition coefficient (Wildman–Crippen LogP) is 1.37. The molecule has 0 bridgehead atoms. The molecule has 1 aromatic carbocycles. The quantitative estimate of drug-likeness (QED) is 0.861. The second kappa shape index (κ2) is 3.80. The number of fused-ring (bicyclic) bond motifs is 1. The molecule has 1 saturated heterocycles. The van der Waals surface area contributed by atoms with E-state index in [0.29, 0.717) is 18.0 Å². The van der Waals surface area contributed by atoms with E-state index in [0.717, 1.165) is 6.42 Å². The SMILES string of the molecule is O=C(O)C1C2CC2CN1C(=O)c1ccc(F)cc1. The molecule has 5 heteroatoms. The second-order valence-corrected chi connectivity index (χ2v) is 4.91. The fraction of sp³-hybridized carbons (Fsp3) is 0.385. The van der Waals surface area contributed by atoms with Crippen molar-refractivity contribution in [1.82, 2.24) is 4.90 Å². The fourth-order valence-corrected chi connectivity index (χ4v) is 2.75. The van der Waals surface area contributed by atoms with E-state index in [1.807, 2.05) is 0 Å². The van der Waals surface area contributed by atoms with Gasteiger partial charge in [-0.2, -0.15) is 0 Å². The standard InChI is InChI=1S/C13H12FNO3/c14-9-3-1-7(2-4-9)12(16)15-6-8-5-10(8)11(15)13(17)18/h1-4,8,10-11H,5-6H2,(H,17,18). The fourth-order valence-electron chi connectivity index (χ4n) is 2.75. The van der Waals surface area contributed by atoms with Crippen molar-refractivity contribution in [2.75, 3.05) is 6.54 Å². The monoisotopic (exact) mass is 249 g/mol. The maximum atomic E-state index is 12.8. The highest BCUT2D eigenvalue weighted by atomic mass is 19.1. The van der Waals surface area contributed by atoms with Crippen LogP contribution in [0.3, 0.4) is 0 Å². The average Bonchev–Trinajstić information content (AvgIpc) is 2.99. The van der Waals surface area contributed by atoms with Crippen LogP contribution >= 0.6 is 0 Å². The topological polar surface area (TPSA) is 57.6 Å². The molecule has 1 amide bonds. The number of hydrogen-bond donors (Lipinski definition) is 1. The molecule has 2 aliphatic rings. The van der Waals surface area contributed by atoms with Crippen molar-refractivity contribution in [3.05, 3.63) is 35.6 Å². The van der Waals surface area contributed by atoms with Gasteiger partial charge in [-0.05, 0) is 42.5 Å². The number of carboxylic acids is 1. The van der Waals surface area contributed by atoms with E-state index in [2.05, 4.69) is 0 Å². The van der Waals surface area contributed by atoms with Crippen molar-refractivity contribution >= 4 is 11.9 Å². The Hall–Kier alpha value is -1.91. The molecule has 3 unspecified atom stereocenters. The minimum Gasteiger partial charge on any atom is -0.480 e. The summed E-state index contributed by atoms with van der Waals surface area (Å²) < 4.78 is 12.8. The molecule has 3 rings (SSSR count). The number of aliphatic carboxylic acids is 1. The number of benzene rings is 1. The minimum atomic E-state index is -0.949. The van der Waals surface area contributed by atoms with Gasteiger partial charge in [0.05, 0.1) is 0 Å². The number of piperidine rings is 1. The zero-order valence-corrected chi connectivity index (χ0v) is 9.54. The zero-order valence-electron chi connectivity index (χ0n) is 9.54. The van der Waals surface area contributed by atoms with Crippen LogP contribution in [-0.2, 0) is 4.79 Å². The smallest absolute Gasteiger partial charge is 0.326 e. The van der Waals surface area contributed by atoms with Crippen molar-refractivity contribution in [1.29, 1.82) is 0 Å². The van der Waals surface area contributed by atoms with Gasteiger partial charge < -0.3 is 10.0 Å². The molecule has 1 saturated carbocycles. The Labute approximate surface area is 103 Å². The van der Waals surface area contributed by atoms with E-state index in [1.165, 1.54) is 29.2 Å². The van der Waals surface area contributed by atoms with Crippen molar-refractivity contribution in [2.24, 2.45) is 11.8 Å². The van der Waals surface area contributed by atoms with Crippen LogP contribution in [0.25, 0.3) is 0 Å². The van der Waals surface area contributed by atoms with Crippen LogP contribution in [0.2, 0.25) is 0 Å². The van der Waals surface area contributed by atoms with Crippen LogP contribution in [0.5, 0.6) is 0 Å². The van der Waals surface area contributed by atoms with Gasteiger partial charge in [0.2, 0.25) is 0 Å². The lowest BCUT2D eigenvalue weighted by molar-refractivity contribution is -0.142. The molecule has 1 N–H and O–H groups in total. The van der Waals surface area contributed by atoms with Crippen LogP contribution in [-0.4, -0.2) is 34.5 Å². The van der Waals surface area contributed by atoms with Crippen molar-refractivity contribution in [3.8, 4) is 0 Å². The lowest BCUT2D eigenvalue weighted by atomic mass is 10.1. The second-order valence-electron chi connectivity index (χ2n) is 4.91. The molecule has 0 radical (unpaired) electrons. The molecule has 1 aromatic rings. The Morgan fingerprint density at radius 3 is 2.56 bits per heavy atom. The number of carbonyl (C=O) groups excluding carboxylic acids is 1. The van der Waals surface area contributed by atoms with Crippen molar-refractivity contribution < 1.29 is 19.1 Å². The summed E-state index contributed by atoms with van der Waals surface area (Å²) in [4.78, 5) is 24.8. The largest absolute Gasteiger partial charge is 0.480 e. The van der Waals surface area contributed by atoms with E-state index in [4.69, 9.17) is 5.11 Å². The molecule has 2 fully saturated rings. The lowest BCUT2D eigenvalue weighted by Gasteiger charge is -2.24. The number of carbonyl (C=O) groups is 2. The Morgan fingerprint density at radius 1 is 1.28 bits per heavy atom. The predicted molar refractivity (Wildman–Crippen MR) is 60.5 cm³/mol. The number of nitrogens with zero attached hydrogens (tertiary/aromatic N) is 1. The van der Waals surface area contributed by atoms with Crippen LogP contribution in [0.4, 0.5) is 4.39 Å². The van der Waals surface area contributed by atoms with Crippen LogP contribution in [0.1, 0.15) is 16.8 Å². The maximum absolute atomic E-state index is 12.8. The third-order valence-corrected chi connectivity index (χ3v) is 3.75. The van der Waals surface area contributed by atoms with Crippen LogP contribution < -0.4 is 0 Å². The molecule has 3 atom stereocenters. The summed E-state index contributed by atoms with van der Waals surface area (Å²) >= 11 is 0. The first-order valence-electron chi connectivity index (χ1n) is 5.87. The van der Waals surface area contributed by atoms with Gasteiger partial charge in [-0.15, -0.1) is 0 Å². The van der Waals surface area contributed by atoms with Gasteiger partial charge in [-0.1, -0.05) is 0 Å². The van der Waals surface area contributed by atoms with E-state index in [9.17, 15) is 14.0 Å². The van der Waals surface area contributed by atoms with E-state index < -0.39 is 17.8 Å². The van der Waals surface area contributed by atoms with Gasteiger partial charge in [0.1, 0.15) is 11.9 Å².